The quantitative estimate of drug-likeness (QED) is 0.890. The number of nitrogens with one attached hydrogen (secondary N) is 1. The lowest BCUT2D eigenvalue weighted by molar-refractivity contribution is 0.255. The molecule has 2 atom stereocenters. The Kier molecular flexibility index (Phi) is 4.56. The van der Waals surface area contributed by atoms with Crippen LogP contribution in [0.25, 0.3) is 0 Å². The fourth-order valence-electron chi connectivity index (χ4n) is 3.25. The summed E-state index contributed by atoms with van der Waals surface area (Å²) in [5.74, 6) is 0. The van der Waals surface area contributed by atoms with Crippen molar-refractivity contribution in [1.82, 2.24) is 10.2 Å². The first-order valence-electron chi connectivity index (χ1n) is 7.56. The molecule has 1 aromatic carbocycles. The minimum Gasteiger partial charge on any atom is -0.312 e. The summed E-state index contributed by atoms with van der Waals surface area (Å²) in [6, 6.07) is 8.01. The zero-order valence-electron chi connectivity index (χ0n) is 11.9. The van der Waals surface area contributed by atoms with E-state index in [4.69, 9.17) is 23.2 Å². The van der Waals surface area contributed by atoms with Gasteiger partial charge in [-0.1, -0.05) is 29.3 Å². The lowest BCUT2D eigenvalue weighted by Crippen LogP contribution is -2.35. The Morgan fingerprint density at radius 3 is 2.80 bits per heavy atom. The average Bonchev–Trinajstić information content (AvgIpc) is 3.17. The molecule has 0 radical (unpaired) electrons. The van der Waals surface area contributed by atoms with E-state index in [1.54, 1.807) is 0 Å². The summed E-state index contributed by atoms with van der Waals surface area (Å²) in [5, 5.41) is 5.16. The highest BCUT2D eigenvalue weighted by Crippen LogP contribution is 2.33. The molecule has 1 saturated carbocycles. The summed E-state index contributed by atoms with van der Waals surface area (Å²) in [6.45, 7) is 4.55. The molecule has 110 valence electrons. The third kappa shape index (κ3) is 3.48. The number of hydrogen-bond donors (Lipinski definition) is 1. The van der Waals surface area contributed by atoms with Crippen LogP contribution in [-0.2, 0) is 6.42 Å². The van der Waals surface area contributed by atoms with E-state index in [1.807, 2.05) is 18.2 Å². The molecular formula is C16H22Cl2N2. The van der Waals surface area contributed by atoms with Crippen LogP contribution < -0.4 is 5.32 Å². The van der Waals surface area contributed by atoms with Gasteiger partial charge in [0.2, 0.25) is 0 Å². The molecule has 2 fully saturated rings. The molecule has 0 aromatic heterocycles. The van der Waals surface area contributed by atoms with Crippen molar-refractivity contribution in [2.75, 3.05) is 13.1 Å². The van der Waals surface area contributed by atoms with Crippen molar-refractivity contribution in [3.8, 4) is 0 Å². The highest BCUT2D eigenvalue weighted by atomic mass is 35.5. The summed E-state index contributed by atoms with van der Waals surface area (Å²) in [5.41, 5.74) is 1.17. The number of hydrogen-bond acceptors (Lipinski definition) is 2. The third-order valence-electron chi connectivity index (χ3n) is 4.48. The number of rotatable bonds is 5. The molecule has 2 aliphatic rings. The zero-order chi connectivity index (χ0) is 14.1. The van der Waals surface area contributed by atoms with E-state index in [9.17, 15) is 0 Å². The van der Waals surface area contributed by atoms with Gasteiger partial charge in [0, 0.05) is 34.7 Å². The molecule has 20 heavy (non-hydrogen) atoms. The molecule has 0 amide bonds. The second kappa shape index (κ2) is 6.23. The molecule has 0 spiro atoms. The highest BCUT2D eigenvalue weighted by Gasteiger charge is 2.38. The molecule has 2 unspecified atom stereocenters. The lowest BCUT2D eigenvalue weighted by Gasteiger charge is -2.19. The molecule has 1 aliphatic carbocycles. The summed E-state index contributed by atoms with van der Waals surface area (Å²) >= 11 is 12.1. The van der Waals surface area contributed by atoms with Gasteiger partial charge in [-0.25, -0.2) is 0 Å². The molecule has 1 N–H and O–H groups in total. The van der Waals surface area contributed by atoms with Crippen LogP contribution in [0, 0.1) is 0 Å². The summed E-state index contributed by atoms with van der Waals surface area (Å²) in [7, 11) is 0. The van der Waals surface area contributed by atoms with Gasteiger partial charge in [0.25, 0.3) is 0 Å². The molecule has 0 bridgehead atoms. The van der Waals surface area contributed by atoms with E-state index in [1.165, 1.54) is 31.4 Å². The second-order valence-electron chi connectivity index (χ2n) is 6.15. The largest absolute Gasteiger partial charge is 0.312 e. The minimum atomic E-state index is 0.636. The topological polar surface area (TPSA) is 15.3 Å². The van der Waals surface area contributed by atoms with E-state index in [2.05, 4.69) is 17.1 Å². The van der Waals surface area contributed by atoms with Crippen molar-refractivity contribution in [3.63, 3.8) is 0 Å². The number of likely N-dealkylation sites (tertiary alicyclic amines) is 1. The Morgan fingerprint density at radius 1 is 1.30 bits per heavy atom. The lowest BCUT2D eigenvalue weighted by atomic mass is 10.1. The minimum absolute atomic E-state index is 0.636. The first kappa shape index (κ1) is 14.6. The van der Waals surface area contributed by atoms with Crippen LogP contribution in [0.1, 0.15) is 31.7 Å². The molecule has 1 heterocycles. The first-order chi connectivity index (χ1) is 9.63. The van der Waals surface area contributed by atoms with Gasteiger partial charge in [-0.15, -0.1) is 0 Å². The predicted octanol–water partition coefficient (Wildman–Crippen LogP) is 3.75. The van der Waals surface area contributed by atoms with E-state index in [-0.39, 0.29) is 0 Å². The second-order valence-corrected chi connectivity index (χ2v) is 6.99. The van der Waals surface area contributed by atoms with E-state index < -0.39 is 0 Å². The number of nitrogens with zero attached hydrogens (tertiary/aromatic N) is 1. The van der Waals surface area contributed by atoms with Crippen molar-refractivity contribution in [1.29, 1.82) is 0 Å². The zero-order valence-corrected chi connectivity index (χ0v) is 13.4. The van der Waals surface area contributed by atoms with Crippen LogP contribution in [0.3, 0.4) is 0 Å². The van der Waals surface area contributed by atoms with Gasteiger partial charge in [0.15, 0.2) is 0 Å². The standard InChI is InChI=1S/C16H22Cl2N2/c1-11-8-14(10-20(11)15-4-5-15)19-7-6-12-2-3-13(17)9-16(12)18/h2-3,9,11,14-15,19H,4-8,10H2,1H3. The Hall–Kier alpha value is -0.280. The highest BCUT2D eigenvalue weighted by molar-refractivity contribution is 6.35. The summed E-state index contributed by atoms with van der Waals surface area (Å²) < 4.78 is 0. The molecule has 2 nitrogen and oxygen atoms in total. The van der Waals surface area contributed by atoms with Crippen LogP contribution in [-0.4, -0.2) is 36.1 Å². The predicted molar refractivity (Wildman–Crippen MR) is 85.8 cm³/mol. The smallest absolute Gasteiger partial charge is 0.0453 e. The molecule has 4 heteroatoms. The fraction of sp³-hybridized carbons (Fsp3) is 0.625. The van der Waals surface area contributed by atoms with Gasteiger partial charge in [-0.05, 0) is 56.8 Å². The van der Waals surface area contributed by atoms with E-state index in [0.717, 1.165) is 30.1 Å². The molecular weight excluding hydrogens is 291 g/mol. The van der Waals surface area contributed by atoms with Crippen molar-refractivity contribution in [2.45, 2.75) is 50.7 Å². The van der Waals surface area contributed by atoms with Crippen LogP contribution in [0.15, 0.2) is 18.2 Å². The summed E-state index contributed by atoms with van der Waals surface area (Å²) in [6.07, 6.45) is 5.03. The van der Waals surface area contributed by atoms with Crippen molar-refractivity contribution < 1.29 is 0 Å². The monoisotopic (exact) mass is 312 g/mol. The first-order valence-corrected chi connectivity index (χ1v) is 8.32. The number of benzene rings is 1. The molecule has 3 rings (SSSR count). The van der Waals surface area contributed by atoms with Gasteiger partial charge < -0.3 is 5.32 Å². The van der Waals surface area contributed by atoms with Crippen molar-refractivity contribution in [2.24, 2.45) is 0 Å². The van der Waals surface area contributed by atoms with Crippen molar-refractivity contribution >= 4 is 23.2 Å². The third-order valence-corrected chi connectivity index (χ3v) is 5.07. The van der Waals surface area contributed by atoms with Gasteiger partial charge >= 0.3 is 0 Å². The van der Waals surface area contributed by atoms with Crippen LogP contribution in [0.4, 0.5) is 0 Å². The Labute approximate surface area is 131 Å². The van der Waals surface area contributed by atoms with Crippen LogP contribution in [0.2, 0.25) is 10.0 Å². The molecule has 1 aliphatic heterocycles. The molecule has 1 aromatic rings. The Morgan fingerprint density at radius 2 is 2.10 bits per heavy atom. The van der Waals surface area contributed by atoms with Gasteiger partial charge in [-0.2, -0.15) is 0 Å². The summed E-state index contributed by atoms with van der Waals surface area (Å²) in [4.78, 5) is 2.67. The van der Waals surface area contributed by atoms with E-state index in [0.29, 0.717) is 11.1 Å². The van der Waals surface area contributed by atoms with Gasteiger partial charge in [-0.3, -0.25) is 4.90 Å². The maximum atomic E-state index is 6.20. The number of halogens is 2. The van der Waals surface area contributed by atoms with Crippen molar-refractivity contribution in [3.05, 3.63) is 33.8 Å². The van der Waals surface area contributed by atoms with Gasteiger partial charge in [0.05, 0.1) is 0 Å². The van der Waals surface area contributed by atoms with Crippen LogP contribution in [0.5, 0.6) is 0 Å². The van der Waals surface area contributed by atoms with Gasteiger partial charge in [0.1, 0.15) is 0 Å². The molecule has 1 saturated heterocycles. The normalized spacial score (nSPS) is 27.1. The SMILES string of the molecule is CC1CC(NCCc2ccc(Cl)cc2Cl)CN1C1CC1. The Balaban J connectivity index is 1.46. The average molecular weight is 313 g/mol. The maximum Gasteiger partial charge on any atom is 0.0453 e. The fourth-order valence-corrected chi connectivity index (χ4v) is 3.76. The van der Waals surface area contributed by atoms with E-state index >= 15 is 0 Å². The Bertz CT molecular complexity index is 474. The van der Waals surface area contributed by atoms with Crippen LogP contribution >= 0.6 is 23.2 Å². The maximum absolute atomic E-state index is 6.20.